The summed E-state index contributed by atoms with van der Waals surface area (Å²) in [6.45, 7) is 1.87. The van der Waals surface area contributed by atoms with E-state index in [9.17, 15) is 0 Å². The van der Waals surface area contributed by atoms with E-state index in [1.54, 1.807) is 6.20 Å². The van der Waals surface area contributed by atoms with Crippen LogP contribution in [0.25, 0.3) is 0 Å². The summed E-state index contributed by atoms with van der Waals surface area (Å²) in [6, 6.07) is 15.8. The number of aromatic nitrogens is 1. The molecule has 2 aromatic rings. The SMILES string of the molecule is C/C(=N\N=C(/[S-])SCc1ccccc1)c1ccccn1.[Cu+][Br]. The van der Waals surface area contributed by atoms with Gasteiger partial charge in [0.25, 0.3) is 0 Å². The second-order valence-corrected chi connectivity index (χ2v) is 5.65. The van der Waals surface area contributed by atoms with E-state index in [1.807, 2.05) is 43.3 Å². The van der Waals surface area contributed by atoms with E-state index >= 15 is 0 Å². The molecule has 0 fully saturated rings. The molecule has 3 nitrogen and oxygen atoms in total. The van der Waals surface area contributed by atoms with Gasteiger partial charge in [-0.3, -0.25) is 4.98 Å². The quantitative estimate of drug-likeness (QED) is 0.230. The normalized spacial score (nSPS) is 11.6. The summed E-state index contributed by atoms with van der Waals surface area (Å²) in [6.07, 6.45) is 1.73. The van der Waals surface area contributed by atoms with Gasteiger partial charge in [0.05, 0.1) is 11.4 Å². The van der Waals surface area contributed by atoms with E-state index in [0.717, 1.165) is 17.2 Å². The van der Waals surface area contributed by atoms with Crippen LogP contribution in [0.1, 0.15) is 18.2 Å². The molecule has 1 heterocycles. The summed E-state index contributed by atoms with van der Waals surface area (Å²) in [5.74, 6) is 0.807. The van der Waals surface area contributed by atoms with E-state index < -0.39 is 0 Å². The Bertz CT molecular complexity index is 607. The molecule has 0 aliphatic carbocycles. The Hall–Kier alpha value is -0.721. The molecule has 119 valence electrons. The molecule has 0 bridgehead atoms. The van der Waals surface area contributed by atoms with Gasteiger partial charge >= 0.3 is 28.3 Å². The molecule has 22 heavy (non-hydrogen) atoms. The molecule has 0 atom stereocenters. The number of rotatable bonds is 4. The third-order valence-corrected chi connectivity index (χ3v) is 3.76. The van der Waals surface area contributed by atoms with Gasteiger partial charge in [-0.15, -0.1) is 11.8 Å². The average molecular weight is 444 g/mol. The zero-order chi connectivity index (χ0) is 16.2. The Balaban J connectivity index is 0.00000116. The van der Waals surface area contributed by atoms with Crippen LogP contribution in [0.4, 0.5) is 0 Å². The van der Waals surface area contributed by atoms with Gasteiger partial charge in [0.2, 0.25) is 0 Å². The van der Waals surface area contributed by atoms with Crippen molar-refractivity contribution in [3.8, 4) is 0 Å². The Kier molecular flexibility index (Phi) is 10.4. The van der Waals surface area contributed by atoms with Crippen LogP contribution in [0.3, 0.4) is 0 Å². The minimum absolute atomic E-state index is 0.532. The van der Waals surface area contributed by atoms with Crippen molar-refractivity contribution in [2.75, 3.05) is 0 Å². The van der Waals surface area contributed by atoms with Crippen LogP contribution in [0.15, 0.2) is 64.9 Å². The van der Waals surface area contributed by atoms with Gasteiger partial charge in [-0.05, 0) is 29.0 Å². The zero-order valence-electron chi connectivity index (χ0n) is 11.7. The fourth-order valence-corrected chi connectivity index (χ4v) is 2.29. The molecular formula is C15H14BrCuN3S2. The third-order valence-electron chi connectivity index (χ3n) is 2.52. The van der Waals surface area contributed by atoms with Crippen LogP contribution in [-0.2, 0) is 32.6 Å². The first-order valence-electron chi connectivity index (χ1n) is 6.24. The summed E-state index contributed by atoms with van der Waals surface area (Å²) in [4.78, 5) is 4.21. The second-order valence-electron chi connectivity index (χ2n) is 4.04. The summed E-state index contributed by atoms with van der Waals surface area (Å²) in [5, 5.41) is 8.18. The Labute approximate surface area is 156 Å². The van der Waals surface area contributed by atoms with Crippen molar-refractivity contribution in [3.05, 3.63) is 66.0 Å². The number of nitrogens with zero attached hydrogens (tertiary/aromatic N) is 3. The summed E-state index contributed by atoms with van der Waals surface area (Å²) in [5.41, 5.74) is 2.79. The van der Waals surface area contributed by atoms with Crippen LogP contribution in [-0.4, -0.2) is 15.1 Å². The summed E-state index contributed by atoms with van der Waals surface area (Å²) < 4.78 is 0.532. The molecule has 0 saturated carbocycles. The summed E-state index contributed by atoms with van der Waals surface area (Å²) in [7, 11) is 0. The number of hydrogen-bond acceptors (Lipinski definition) is 5. The van der Waals surface area contributed by atoms with Gasteiger partial charge in [0.1, 0.15) is 0 Å². The molecule has 1 aromatic heterocycles. The first kappa shape index (κ1) is 19.3. The number of hydrogen-bond donors (Lipinski definition) is 0. The van der Waals surface area contributed by atoms with E-state index in [0.29, 0.717) is 4.38 Å². The van der Waals surface area contributed by atoms with E-state index in [-0.39, 0.29) is 0 Å². The molecule has 1 aromatic carbocycles. The standard InChI is InChI=1S/C15H15N3S2.BrH.Cu/c1-12(14-9-5-6-10-16-14)17-18-15(19)20-11-13-7-3-2-4-8-13;;/h2-10H,11H2,1H3,(H,18,19);1H;/q;;+2/p-2/b17-12+;;. The number of halogens is 1. The van der Waals surface area contributed by atoms with Crippen LogP contribution >= 0.6 is 25.9 Å². The van der Waals surface area contributed by atoms with Gasteiger partial charge in [0.15, 0.2) is 0 Å². The first-order chi connectivity index (χ1) is 10.8. The third kappa shape index (κ3) is 7.51. The predicted octanol–water partition coefficient (Wildman–Crippen LogP) is 4.49. The van der Waals surface area contributed by atoms with Gasteiger partial charge in [-0.2, -0.15) is 10.2 Å². The van der Waals surface area contributed by atoms with Gasteiger partial charge in [0, 0.05) is 11.9 Å². The molecule has 0 aliphatic heterocycles. The average Bonchev–Trinajstić information content (AvgIpc) is 2.61. The molecule has 0 amide bonds. The molecule has 0 unspecified atom stereocenters. The fraction of sp³-hybridized carbons (Fsp3) is 0.133. The Morgan fingerprint density at radius 3 is 2.45 bits per heavy atom. The minimum atomic E-state index is 0.532. The van der Waals surface area contributed by atoms with Crippen LogP contribution in [0, 0.1) is 0 Å². The molecule has 0 N–H and O–H groups in total. The molecule has 7 heteroatoms. The van der Waals surface area contributed by atoms with Crippen molar-refractivity contribution in [1.82, 2.24) is 4.98 Å². The topological polar surface area (TPSA) is 37.6 Å². The molecule has 0 radical (unpaired) electrons. The number of benzene rings is 1. The Morgan fingerprint density at radius 2 is 1.82 bits per heavy atom. The number of pyridine rings is 1. The second kappa shape index (κ2) is 11.8. The van der Waals surface area contributed by atoms with E-state index in [1.165, 1.54) is 17.3 Å². The van der Waals surface area contributed by atoms with Gasteiger partial charge in [-0.25, -0.2) is 0 Å². The van der Waals surface area contributed by atoms with Crippen LogP contribution < -0.4 is 0 Å². The van der Waals surface area contributed by atoms with Gasteiger partial charge in [-0.1, -0.05) is 36.4 Å². The number of thioether (sulfide) groups is 1. The fourth-order valence-electron chi connectivity index (χ4n) is 1.49. The molecule has 0 aliphatic rings. The van der Waals surface area contributed by atoms with Crippen molar-refractivity contribution >= 4 is 48.6 Å². The maximum absolute atomic E-state index is 5.19. The van der Waals surface area contributed by atoms with E-state index in [2.05, 4.69) is 55.6 Å². The van der Waals surface area contributed by atoms with Crippen molar-refractivity contribution < 1.29 is 14.2 Å². The van der Waals surface area contributed by atoms with Crippen LogP contribution in [0.5, 0.6) is 0 Å². The maximum atomic E-state index is 5.19. The monoisotopic (exact) mass is 442 g/mol. The van der Waals surface area contributed by atoms with Crippen molar-refractivity contribution in [3.63, 3.8) is 0 Å². The van der Waals surface area contributed by atoms with Crippen molar-refractivity contribution in [1.29, 1.82) is 0 Å². The molecule has 0 spiro atoms. The Morgan fingerprint density at radius 1 is 1.14 bits per heavy atom. The first-order valence-corrected chi connectivity index (χ1v) is 9.96. The van der Waals surface area contributed by atoms with E-state index in [4.69, 9.17) is 12.6 Å². The van der Waals surface area contributed by atoms with Crippen LogP contribution in [0.2, 0.25) is 0 Å². The molecular weight excluding hydrogens is 430 g/mol. The van der Waals surface area contributed by atoms with Crippen molar-refractivity contribution in [2.24, 2.45) is 10.2 Å². The summed E-state index contributed by atoms with van der Waals surface area (Å²) >= 11 is 13.2. The molecule has 2 rings (SSSR count). The zero-order valence-corrected chi connectivity index (χ0v) is 15.9. The van der Waals surface area contributed by atoms with Crippen molar-refractivity contribution in [2.45, 2.75) is 12.7 Å². The molecule has 0 saturated heterocycles. The predicted molar refractivity (Wildman–Crippen MR) is 97.9 cm³/mol. The van der Waals surface area contributed by atoms with Gasteiger partial charge < -0.3 is 12.6 Å².